The van der Waals surface area contributed by atoms with E-state index in [-0.39, 0.29) is 5.91 Å². The van der Waals surface area contributed by atoms with E-state index in [2.05, 4.69) is 41.6 Å². The van der Waals surface area contributed by atoms with E-state index in [0.717, 1.165) is 18.7 Å². The molecule has 0 fully saturated rings. The second-order valence-electron chi connectivity index (χ2n) is 5.10. The number of nitrogens with zero attached hydrogens (tertiary/aromatic N) is 1. The second kappa shape index (κ2) is 10.3. The van der Waals surface area contributed by atoms with E-state index < -0.39 is 0 Å². The maximum absolute atomic E-state index is 11.7. The molecule has 2 N–H and O–H groups in total. The van der Waals surface area contributed by atoms with Crippen LogP contribution in [-0.2, 0) is 22.6 Å². The van der Waals surface area contributed by atoms with Gasteiger partial charge in [0, 0.05) is 26.7 Å². The summed E-state index contributed by atoms with van der Waals surface area (Å²) in [6.45, 7) is 6.27. The van der Waals surface area contributed by atoms with Crippen LogP contribution in [-0.4, -0.2) is 51.2 Å². The number of benzene rings is 1. The Balaban J connectivity index is 2.34. The summed E-state index contributed by atoms with van der Waals surface area (Å²) in [5, 5.41) is 5.94. The molecule has 0 saturated carbocycles. The van der Waals surface area contributed by atoms with Crippen LogP contribution in [0.3, 0.4) is 0 Å². The fourth-order valence-corrected chi connectivity index (χ4v) is 1.90. The van der Waals surface area contributed by atoms with Gasteiger partial charge in [0.15, 0.2) is 0 Å². The largest absolute Gasteiger partial charge is 0.383 e. The van der Waals surface area contributed by atoms with E-state index in [4.69, 9.17) is 4.74 Å². The number of rotatable bonds is 10. The third kappa shape index (κ3) is 7.80. The molecule has 0 spiro atoms. The lowest BCUT2D eigenvalue weighted by molar-refractivity contribution is -0.120. The number of methoxy groups -OCH3 is 1. The molecule has 5 heteroatoms. The first-order valence-corrected chi connectivity index (χ1v) is 7.38. The van der Waals surface area contributed by atoms with Gasteiger partial charge in [0.05, 0.1) is 13.2 Å². The fourth-order valence-electron chi connectivity index (χ4n) is 1.90. The minimum absolute atomic E-state index is 0.00202. The van der Waals surface area contributed by atoms with E-state index >= 15 is 0 Å². The van der Waals surface area contributed by atoms with E-state index in [0.29, 0.717) is 26.2 Å². The molecule has 1 aromatic rings. The maximum Gasteiger partial charge on any atom is 0.234 e. The minimum Gasteiger partial charge on any atom is -0.383 e. The Morgan fingerprint density at radius 1 is 1.33 bits per heavy atom. The Kier molecular flexibility index (Phi) is 8.66. The summed E-state index contributed by atoms with van der Waals surface area (Å²) in [5.74, 6) is 0.00202. The molecule has 0 bridgehead atoms. The highest BCUT2D eigenvalue weighted by atomic mass is 16.5. The van der Waals surface area contributed by atoms with E-state index in [1.807, 2.05) is 12.1 Å². The van der Waals surface area contributed by atoms with Gasteiger partial charge in [0.2, 0.25) is 5.91 Å². The number of amides is 1. The van der Waals surface area contributed by atoms with Crippen LogP contribution in [0.1, 0.15) is 18.1 Å². The molecule has 1 rings (SSSR count). The molecule has 0 saturated heterocycles. The van der Waals surface area contributed by atoms with Gasteiger partial charge in [-0.25, -0.2) is 0 Å². The van der Waals surface area contributed by atoms with Gasteiger partial charge in [-0.05, 0) is 24.7 Å². The zero-order chi connectivity index (χ0) is 15.5. The average Bonchev–Trinajstić information content (AvgIpc) is 2.50. The van der Waals surface area contributed by atoms with Crippen LogP contribution < -0.4 is 10.6 Å². The third-order valence-electron chi connectivity index (χ3n) is 3.24. The van der Waals surface area contributed by atoms with Crippen molar-refractivity contribution in [1.29, 1.82) is 0 Å². The Labute approximate surface area is 127 Å². The maximum atomic E-state index is 11.7. The summed E-state index contributed by atoms with van der Waals surface area (Å²) in [7, 11) is 3.74. The van der Waals surface area contributed by atoms with Crippen LogP contribution in [0.4, 0.5) is 0 Å². The summed E-state index contributed by atoms with van der Waals surface area (Å²) >= 11 is 0. The molecule has 0 aliphatic heterocycles. The van der Waals surface area contributed by atoms with Gasteiger partial charge in [-0.3, -0.25) is 4.79 Å². The van der Waals surface area contributed by atoms with Crippen molar-refractivity contribution in [2.24, 2.45) is 0 Å². The van der Waals surface area contributed by atoms with Crippen LogP contribution in [0.2, 0.25) is 0 Å². The normalized spacial score (nSPS) is 10.9. The SMILES string of the molecule is CCN(C)Cc1cccc(CNC(=O)CNCCOC)c1. The highest BCUT2D eigenvalue weighted by molar-refractivity contribution is 5.77. The number of ether oxygens (including phenoxy) is 1. The predicted molar refractivity (Wildman–Crippen MR) is 85.0 cm³/mol. The highest BCUT2D eigenvalue weighted by Crippen LogP contribution is 2.07. The van der Waals surface area contributed by atoms with Crippen molar-refractivity contribution < 1.29 is 9.53 Å². The first-order chi connectivity index (χ1) is 10.2. The molecule has 0 unspecified atom stereocenters. The minimum atomic E-state index is 0.00202. The quantitative estimate of drug-likeness (QED) is 0.632. The molecule has 118 valence electrons. The molecule has 0 aliphatic carbocycles. The molecule has 5 nitrogen and oxygen atoms in total. The van der Waals surface area contributed by atoms with Gasteiger partial charge in [-0.2, -0.15) is 0 Å². The molecule has 0 aromatic heterocycles. The molecule has 0 atom stereocenters. The fraction of sp³-hybridized carbons (Fsp3) is 0.562. The number of hydrogen-bond acceptors (Lipinski definition) is 4. The predicted octanol–water partition coefficient (Wildman–Crippen LogP) is 0.991. The van der Waals surface area contributed by atoms with Crippen LogP contribution >= 0.6 is 0 Å². The van der Waals surface area contributed by atoms with Crippen molar-refractivity contribution in [2.45, 2.75) is 20.0 Å². The number of hydrogen-bond donors (Lipinski definition) is 2. The number of carbonyl (C=O) groups is 1. The van der Waals surface area contributed by atoms with Gasteiger partial charge in [-0.1, -0.05) is 31.2 Å². The molecule has 1 amide bonds. The van der Waals surface area contributed by atoms with Crippen LogP contribution in [0.25, 0.3) is 0 Å². The molecule has 21 heavy (non-hydrogen) atoms. The molecule has 0 radical (unpaired) electrons. The zero-order valence-corrected chi connectivity index (χ0v) is 13.3. The summed E-state index contributed by atoms with van der Waals surface area (Å²) in [6.07, 6.45) is 0. The number of nitrogens with one attached hydrogen (secondary N) is 2. The molecular weight excluding hydrogens is 266 g/mol. The molecule has 0 aliphatic rings. The van der Waals surface area contributed by atoms with Crippen molar-refractivity contribution in [3.8, 4) is 0 Å². The van der Waals surface area contributed by atoms with Gasteiger partial charge in [0.1, 0.15) is 0 Å². The van der Waals surface area contributed by atoms with Crippen molar-refractivity contribution in [1.82, 2.24) is 15.5 Å². The van der Waals surface area contributed by atoms with Gasteiger partial charge >= 0.3 is 0 Å². The summed E-state index contributed by atoms with van der Waals surface area (Å²) in [4.78, 5) is 13.9. The second-order valence-corrected chi connectivity index (χ2v) is 5.10. The summed E-state index contributed by atoms with van der Waals surface area (Å²) in [6, 6.07) is 8.33. The van der Waals surface area contributed by atoms with Gasteiger partial charge in [0.25, 0.3) is 0 Å². The lowest BCUT2D eigenvalue weighted by Gasteiger charge is -2.14. The smallest absolute Gasteiger partial charge is 0.234 e. The van der Waals surface area contributed by atoms with Crippen LogP contribution in [0.5, 0.6) is 0 Å². The zero-order valence-electron chi connectivity index (χ0n) is 13.3. The van der Waals surface area contributed by atoms with Crippen LogP contribution in [0, 0.1) is 0 Å². The van der Waals surface area contributed by atoms with Crippen molar-refractivity contribution in [3.63, 3.8) is 0 Å². The average molecular weight is 293 g/mol. The van der Waals surface area contributed by atoms with Gasteiger partial charge < -0.3 is 20.3 Å². The Hall–Kier alpha value is -1.43. The van der Waals surface area contributed by atoms with Crippen molar-refractivity contribution >= 4 is 5.91 Å². The standard InChI is InChI=1S/C16H27N3O2/c1-4-19(2)13-15-7-5-6-14(10-15)11-18-16(20)12-17-8-9-21-3/h5-7,10,17H,4,8-9,11-13H2,1-3H3,(H,18,20). The molecule has 1 aromatic carbocycles. The number of carbonyl (C=O) groups excluding carboxylic acids is 1. The third-order valence-corrected chi connectivity index (χ3v) is 3.24. The first kappa shape index (κ1) is 17.6. The Morgan fingerprint density at radius 2 is 2.10 bits per heavy atom. The van der Waals surface area contributed by atoms with Crippen molar-refractivity contribution in [2.75, 3.05) is 40.4 Å². The van der Waals surface area contributed by atoms with E-state index in [9.17, 15) is 4.79 Å². The van der Waals surface area contributed by atoms with Crippen molar-refractivity contribution in [3.05, 3.63) is 35.4 Å². The van der Waals surface area contributed by atoms with E-state index in [1.165, 1.54) is 5.56 Å². The van der Waals surface area contributed by atoms with Gasteiger partial charge in [-0.15, -0.1) is 0 Å². The Morgan fingerprint density at radius 3 is 2.81 bits per heavy atom. The summed E-state index contributed by atoms with van der Waals surface area (Å²) < 4.78 is 4.91. The monoisotopic (exact) mass is 293 g/mol. The lowest BCUT2D eigenvalue weighted by atomic mass is 10.1. The molecular formula is C16H27N3O2. The lowest BCUT2D eigenvalue weighted by Crippen LogP contribution is -2.34. The summed E-state index contributed by atoms with van der Waals surface area (Å²) in [5.41, 5.74) is 2.39. The van der Waals surface area contributed by atoms with E-state index in [1.54, 1.807) is 7.11 Å². The Bertz CT molecular complexity index is 424. The highest BCUT2D eigenvalue weighted by Gasteiger charge is 2.02. The van der Waals surface area contributed by atoms with Crippen LogP contribution in [0.15, 0.2) is 24.3 Å². The first-order valence-electron chi connectivity index (χ1n) is 7.38. The topological polar surface area (TPSA) is 53.6 Å². The molecule has 0 heterocycles.